The monoisotopic (exact) mass is 517 g/mol. The van der Waals surface area contributed by atoms with E-state index >= 15 is 0 Å². The van der Waals surface area contributed by atoms with Gasteiger partial charge in [0.15, 0.2) is 11.0 Å². The molecule has 190 valence electrons. The summed E-state index contributed by atoms with van der Waals surface area (Å²) in [6.07, 6.45) is 0. The molecule has 0 bridgehead atoms. The molecule has 2 amide bonds. The largest absolute Gasteiger partial charge is 0.495 e. The first-order valence-corrected chi connectivity index (χ1v) is 12.6. The Morgan fingerprint density at radius 2 is 1.68 bits per heavy atom. The summed E-state index contributed by atoms with van der Waals surface area (Å²) in [5, 5.41) is 14.9. The number of hydrogen-bond acceptors (Lipinski definition) is 7. The number of anilines is 1. The quantitative estimate of drug-likeness (QED) is 0.285. The van der Waals surface area contributed by atoms with Crippen molar-refractivity contribution < 1.29 is 19.1 Å². The molecule has 0 fully saturated rings. The van der Waals surface area contributed by atoms with Crippen LogP contribution in [0.15, 0.2) is 84.0 Å². The van der Waals surface area contributed by atoms with E-state index in [2.05, 4.69) is 20.8 Å². The van der Waals surface area contributed by atoms with Crippen LogP contribution >= 0.6 is 11.8 Å². The lowest BCUT2D eigenvalue weighted by Crippen LogP contribution is -2.24. The molecular formula is C27H27N5O4S. The van der Waals surface area contributed by atoms with Crippen molar-refractivity contribution in [3.05, 3.63) is 90.3 Å². The van der Waals surface area contributed by atoms with Gasteiger partial charge in [0.05, 0.1) is 31.7 Å². The van der Waals surface area contributed by atoms with Crippen LogP contribution in [-0.4, -0.2) is 46.0 Å². The van der Waals surface area contributed by atoms with Gasteiger partial charge in [-0.05, 0) is 55.5 Å². The Bertz CT molecular complexity index is 1340. The maximum atomic E-state index is 12.6. The Morgan fingerprint density at radius 3 is 2.41 bits per heavy atom. The van der Waals surface area contributed by atoms with Crippen LogP contribution < -0.4 is 20.1 Å². The molecule has 3 aromatic carbocycles. The van der Waals surface area contributed by atoms with Crippen LogP contribution in [0.1, 0.15) is 23.1 Å². The van der Waals surface area contributed by atoms with E-state index in [1.54, 1.807) is 60.2 Å². The van der Waals surface area contributed by atoms with Gasteiger partial charge in [-0.3, -0.25) is 14.2 Å². The van der Waals surface area contributed by atoms with E-state index in [1.807, 2.05) is 37.3 Å². The lowest BCUT2D eigenvalue weighted by molar-refractivity contribution is -0.113. The van der Waals surface area contributed by atoms with E-state index < -0.39 is 0 Å². The van der Waals surface area contributed by atoms with Crippen LogP contribution in [-0.2, 0) is 11.3 Å². The van der Waals surface area contributed by atoms with Crippen LogP contribution in [0.4, 0.5) is 5.69 Å². The normalized spacial score (nSPS) is 10.5. The van der Waals surface area contributed by atoms with Crippen molar-refractivity contribution in [2.75, 3.05) is 24.8 Å². The number of thioether (sulfide) groups is 1. The standard InChI is InChI=1S/C27H27N5O4S/c1-3-36-21-15-13-20(14-16-21)29-25(33)18-37-27-31-30-24(17-28-26(34)19-9-5-4-6-10-19)32(27)22-11-7-8-12-23(22)35-2/h4-16H,3,17-18H2,1-2H3,(H,28,34)(H,29,33). The number of carbonyl (C=O) groups excluding carboxylic acids is 2. The van der Waals surface area contributed by atoms with Gasteiger partial charge in [0, 0.05) is 11.3 Å². The second-order valence-electron chi connectivity index (χ2n) is 7.75. The van der Waals surface area contributed by atoms with Gasteiger partial charge in [0.2, 0.25) is 5.91 Å². The molecule has 0 aliphatic rings. The molecule has 0 unspecified atom stereocenters. The zero-order valence-electron chi connectivity index (χ0n) is 20.5. The minimum Gasteiger partial charge on any atom is -0.495 e. The third-order valence-electron chi connectivity index (χ3n) is 5.25. The topological polar surface area (TPSA) is 107 Å². The molecule has 0 radical (unpaired) electrons. The maximum Gasteiger partial charge on any atom is 0.251 e. The Balaban J connectivity index is 1.50. The van der Waals surface area contributed by atoms with E-state index in [4.69, 9.17) is 9.47 Å². The summed E-state index contributed by atoms with van der Waals surface area (Å²) in [7, 11) is 1.58. The summed E-state index contributed by atoms with van der Waals surface area (Å²) in [6.45, 7) is 2.63. The van der Waals surface area contributed by atoms with E-state index in [0.717, 1.165) is 5.75 Å². The number of ether oxygens (including phenoxy) is 2. The van der Waals surface area contributed by atoms with E-state index in [-0.39, 0.29) is 24.1 Å². The molecule has 9 nitrogen and oxygen atoms in total. The predicted molar refractivity (Wildman–Crippen MR) is 142 cm³/mol. The van der Waals surface area contributed by atoms with Gasteiger partial charge in [-0.25, -0.2) is 0 Å². The third-order valence-corrected chi connectivity index (χ3v) is 6.18. The second kappa shape index (κ2) is 12.6. The third kappa shape index (κ3) is 6.68. The van der Waals surface area contributed by atoms with Gasteiger partial charge in [-0.15, -0.1) is 10.2 Å². The molecule has 0 aliphatic carbocycles. The Kier molecular flexibility index (Phi) is 8.77. The highest BCUT2D eigenvalue weighted by atomic mass is 32.2. The van der Waals surface area contributed by atoms with Gasteiger partial charge in [-0.1, -0.05) is 42.1 Å². The first-order chi connectivity index (χ1) is 18.1. The van der Waals surface area contributed by atoms with Gasteiger partial charge in [0.25, 0.3) is 5.91 Å². The molecular weight excluding hydrogens is 490 g/mol. The number of aromatic nitrogens is 3. The summed E-state index contributed by atoms with van der Waals surface area (Å²) in [5.74, 6) is 1.55. The van der Waals surface area contributed by atoms with Crippen molar-refractivity contribution in [2.24, 2.45) is 0 Å². The molecule has 1 heterocycles. The number of nitrogens with one attached hydrogen (secondary N) is 2. The SMILES string of the molecule is CCOc1ccc(NC(=O)CSc2nnc(CNC(=O)c3ccccc3)n2-c2ccccc2OC)cc1. The van der Waals surface area contributed by atoms with Gasteiger partial charge in [0.1, 0.15) is 11.5 Å². The minimum atomic E-state index is -0.223. The van der Waals surface area contributed by atoms with Crippen LogP contribution in [0.2, 0.25) is 0 Å². The average molecular weight is 518 g/mol. The summed E-state index contributed by atoms with van der Waals surface area (Å²) < 4.78 is 12.8. The molecule has 4 rings (SSSR count). The van der Waals surface area contributed by atoms with Crippen molar-refractivity contribution in [2.45, 2.75) is 18.6 Å². The van der Waals surface area contributed by atoms with Gasteiger partial charge >= 0.3 is 0 Å². The number of carbonyl (C=O) groups is 2. The average Bonchev–Trinajstić information content (AvgIpc) is 3.34. The highest BCUT2D eigenvalue weighted by Gasteiger charge is 2.19. The Morgan fingerprint density at radius 1 is 0.946 bits per heavy atom. The van der Waals surface area contributed by atoms with Crippen molar-refractivity contribution in [1.82, 2.24) is 20.1 Å². The predicted octanol–water partition coefficient (Wildman–Crippen LogP) is 4.34. The molecule has 0 saturated heterocycles. The zero-order chi connectivity index (χ0) is 26.0. The summed E-state index contributed by atoms with van der Waals surface area (Å²) in [6, 6.07) is 23.6. The molecule has 0 spiro atoms. The number of rotatable bonds is 11. The Labute approximate surface area is 219 Å². The number of methoxy groups -OCH3 is 1. The zero-order valence-corrected chi connectivity index (χ0v) is 21.3. The highest BCUT2D eigenvalue weighted by Crippen LogP contribution is 2.29. The smallest absolute Gasteiger partial charge is 0.251 e. The fourth-order valence-corrected chi connectivity index (χ4v) is 4.31. The maximum absolute atomic E-state index is 12.6. The molecule has 1 aromatic heterocycles. The van der Waals surface area contributed by atoms with Crippen molar-refractivity contribution in [3.8, 4) is 17.2 Å². The number of nitrogens with zero attached hydrogens (tertiary/aromatic N) is 3. The molecule has 2 N–H and O–H groups in total. The molecule has 10 heteroatoms. The first-order valence-electron chi connectivity index (χ1n) is 11.7. The van der Waals surface area contributed by atoms with Crippen molar-refractivity contribution in [1.29, 1.82) is 0 Å². The van der Waals surface area contributed by atoms with E-state index in [9.17, 15) is 9.59 Å². The lowest BCUT2D eigenvalue weighted by atomic mass is 10.2. The second-order valence-corrected chi connectivity index (χ2v) is 8.69. The highest BCUT2D eigenvalue weighted by molar-refractivity contribution is 7.99. The van der Waals surface area contributed by atoms with Crippen LogP contribution in [0.25, 0.3) is 5.69 Å². The molecule has 0 saturated carbocycles. The summed E-state index contributed by atoms with van der Waals surface area (Å²) in [5.41, 5.74) is 1.92. The molecule has 4 aromatic rings. The summed E-state index contributed by atoms with van der Waals surface area (Å²) >= 11 is 1.24. The van der Waals surface area contributed by atoms with Crippen LogP contribution in [0, 0.1) is 0 Å². The number of amides is 2. The van der Waals surface area contributed by atoms with Crippen LogP contribution in [0.3, 0.4) is 0 Å². The minimum absolute atomic E-state index is 0.108. The fourth-order valence-electron chi connectivity index (χ4n) is 3.54. The van der Waals surface area contributed by atoms with Crippen molar-refractivity contribution in [3.63, 3.8) is 0 Å². The van der Waals surface area contributed by atoms with E-state index in [1.165, 1.54) is 11.8 Å². The van der Waals surface area contributed by atoms with Crippen LogP contribution in [0.5, 0.6) is 11.5 Å². The summed E-state index contributed by atoms with van der Waals surface area (Å²) in [4.78, 5) is 25.2. The fraction of sp³-hybridized carbons (Fsp3) is 0.185. The van der Waals surface area contributed by atoms with Gasteiger partial charge < -0.3 is 20.1 Å². The molecule has 37 heavy (non-hydrogen) atoms. The lowest BCUT2D eigenvalue weighted by Gasteiger charge is -2.14. The molecule has 0 aliphatic heterocycles. The van der Waals surface area contributed by atoms with Gasteiger partial charge in [-0.2, -0.15) is 0 Å². The number of hydrogen-bond donors (Lipinski definition) is 2. The van der Waals surface area contributed by atoms with E-state index in [0.29, 0.717) is 40.3 Å². The van der Waals surface area contributed by atoms with Crippen molar-refractivity contribution >= 4 is 29.3 Å². The molecule has 0 atom stereocenters. The first kappa shape index (κ1) is 25.8. The Hall–Kier alpha value is -4.31. The number of para-hydroxylation sites is 2. The number of benzene rings is 3.